The van der Waals surface area contributed by atoms with Gasteiger partial charge in [0.2, 0.25) is 5.65 Å². The first-order valence-corrected chi connectivity index (χ1v) is 10.3. The van der Waals surface area contributed by atoms with Gasteiger partial charge in [-0.1, -0.05) is 24.3 Å². The zero-order valence-electron chi connectivity index (χ0n) is 17.2. The lowest BCUT2D eigenvalue weighted by molar-refractivity contribution is -0.448. The predicted octanol–water partition coefficient (Wildman–Crippen LogP) is 4.12. The average molecular weight is 398 g/mol. The van der Waals surface area contributed by atoms with Crippen molar-refractivity contribution in [2.75, 3.05) is 6.54 Å². The van der Waals surface area contributed by atoms with Crippen molar-refractivity contribution in [2.24, 2.45) is 13.0 Å². The minimum atomic E-state index is 0.141. The van der Waals surface area contributed by atoms with Gasteiger partial charge in [-0.05, 0) is 25.0 Å². The minimum Gasteiger partial charge on any atom is -0.300 e. The van der Waals surface area contributed by atoms with Crippen LogP contribution < -0.4 is 0 Å². The molecule has 4 heterocycles. The fourth-order valence-corrected chi connectivity index (χ4v) is 4.19. The molecule has 0 radical (unpaired) electrons. The van der Waals surface area contributed by atoms with Gasteiger partial charge in [-0.25, -0.2) is 9.56 Å². The summed E-state index contributed by atoms with van der Waals surface area (Å²) in [5, 5.41) is 4.26. The van der Waals surface area contributed by atoms with Crippen molar-refractivity contribution in [3.05, 3.63) is 61.1 Å². The summed E-state index contributed by atoms with van der Waals surface area (Å²) in [5.74, 6) is 1.50. The minimum absolute atomic E-state index is 0.141. The smallest absolute Gasteiger partial charge is 0.287 e. The van der Waals surface area contributed by atoms with Crippen LogP contribution in [-0.4, -0.2) is 42.3 Å². The molecule has 1 aliphatic rings. The van der Waals surface area contributed by atoms with E-state index in [2.05, 4.69) is 55.6 Å². The van der Waals surface area contributed by atoms with Crippen LogP contribution in [0.15, 0.2) is 61.1 Å². The summed E-state index contributed by atoms with van der Waals surface area (Å²) < 4.78 is 6.26. The molecule has 4 aromatic rings. The molecular weight excluding hydrogens is 374 g/mol. The SMILES string of the molecule is CC(=O)C1CC=[N+](c2cccc3ncc(-c4ccc(-c5cnn(C)c5)cc4)n23)CC1. The van der Waals surface area contributed by atoms with Crippen molar-refractivity contribution < 1.29 is 9.37 Å². The van der Waals surface area contributed by atoms with E-state index in [1.165, 1.54) is 0 Å². The van der Waals surface area contributed by atoms with Crippen LogP contribution in [0.5, 0.6) is 0 Å². The number of pyridine rings is 1. The number of benzene rings is 1. The lowest BCUT2D eigenvalue weighted by Crippen LogP contribution is -2.25. The van der Waals surface area contributed by atoms with Gasteiger partial charge in [-0.15, -0.1) is 0 Å². The Bertz CT molecular complexity index is 1260. The van der Waals surface area contributed by atoms with E-state index in [-0.39, 0.29) is 11.7 Å². The molecule has 0 N–H and O–H groups in total. The average Bonchev–Trinajstić information content (AvgIpc) is 3.40. The van der Waals surface area contributed by atoms with E-state index in [0.29, 0.717) is 0 Å². The number of carbonyl (C=O) groups excluding carboxylic acids is 1. The fourth-order valence-electron chi connectivity index (χ4n) is 4.19. The molecule has 0 bridgehead atoms. The molecule has 0 saturated heterocycles. The van der Waals surface area contributed by atoms with Crippen LogP contribution in [0.2, 0.25) is 0 Å². The third-order valence-corrected chi connectivity index (χ3v) is 5.93. The summed E-state index contributed by atoms with van der Waals surface area (Å²) in [6.45, 7) is 2.53. The molecule has 1 aliphatic heterocycles. The van der Waals surface area contributed by atoms with Gasteiger partial charge in [0.05, 0.1) is 25.2 Å². The number of ketones is 1. The Kier molecular flexibility index (Phi) is 4.54. The number of Topliss-reactive ketones (excluding diaryl/α,β-unsaturated/α-hetero) is 1. The Labute approximate surface area is 175 Å². The summed E-state index contributed by atoms with van der Waals surface area (Å²) in [6, 6.07) is 14.7. The van der Waals surface area contributed by atoms with Crippen molar-refractivity contribution in [1.29, 1.82) is 0 Å². The Morgan fingerprint density at radius 3 is 2.53 bits per heavy atom. The quantitative estimate of drug-likeness (QED) is 0.486. The normalized spacial score (nSPS) is 16.6. The second-order valence-electron chi connectivity index (χ2n) is 7.91. The number of aryl methyl sites for hydroxylation is 1. The van der Waals surface area contributed by atoms with E-state index in [1.807, 2.05) is 42.5 Å². The van der Waals surface area contributed by atoms with E-state index in [4.69, 9.17) is 0 Å². The van der Waals surface area contributed by atoms with Crippen LogP contribution >= 0.6 is 0 Å². The van der Waals surface area contributed by atoms with E-state index in [1.54, 1.807) is 6.92 Å². The van der Waals surface area contributed by atoms with Crippen LogP contribution in [0.4, 0.5) is 5.82 Å². The summed E-state index contributed by atoms with van der Waals surface area (Å²) in [7, 11) is 1.92. The van der Waals surface area contributed by atoms with Gasteiger partial charge in [0.15, 0.2) is 5.69 Å². The Morgan fingerprint density at radius 1 is 1.07 bits per heavy atom. The van der Waals surface area contributed by atoms with Gasteiger partial charge in [0, 0.05) is 48.8 Å². The molecule has 0 aliphatic carbocycles. The molecule has 5 rings (SSSR count). The number of hydrogen-bond acceptors (Lipinski definition) is 3. The highest BCUT2D eigenvalue weighted by molar-refractivity contribution is 5.81. The monoisotopic (exact) mass is 398 g/mol. The molecule has 0 amide bonds. The van der Waals surface area contributed by atoms with Gasteiger partial charge in [0.25, 0.3) is 5.82 Å². The van der Waals surface area contributed by atoms with Gasteiger partial charge in [-0.3, -0.25) is 9.48 Å². The summed E-state index contributed by atoms with van der Waals surface area (Å²) in [5.41, 5.74) is 5.33. The molecular formula is C24H24N5O+. The van der Waals surface area contributed by atoms with Crippen LogP contribution in [0.1, 0.15) is 19.8 Å². The third kappa shape index (κ3) is 3.24. The summed E-state index contributed by atoms with van der Waals surface area (Å²) in [6.07, 6.45) is 9.64. The molecule has 0 fully saturated rings. The summed E-state index contributed by atoms with van der Waals surface area (Å²) >= 11 is 0. The maximum absolute atomic E-state index is 11.7. The molecule has 6 nitrogen and oxygen atoms in total. The highest BCUT2D eigenvalue weighted by atomic mass is 16.1. The maximum Gasteiger partial charge on any atom is 0.287 e. The molecule has 6 heteroatoms. The number of fused-ring (bicyclic) bond motifs is 1. The van der Waals surface area contributed by atoms with Crippen LogP contribution in [-0.2, 0) is 11.8 Å². The van der Waals surface area contributed by atoms with Gasteiger partial charge in [0.1, 0.15) is 5.78 Å². The van der Waals surface area contributed by atoms with E-state index >= 15 is 0 Å². The predicted molar refractivity (Wildman–Crippen MR) is 117 cm³/mol. The van der Waals surface area contributed by atoms with Crippen molar-refractivity contribution in [3.8, 4) is 22.4 Å². The molecule has 3 aromatic heterocycles. The first kappa shape index (κ1) is 18.5. The van der Waals surface area contributed by atoms with E-state index < -0.39 is 0 Å². The standard InChI is InChI=1S/C24H24N5O/c1-17(30)18-10-12-28(13-11-18)24-5-3-4-23-25-15-22(29(23)24)20-8-6-19(7-9-20)21-14-26-27(2)16-21/h3-9,12,14-16,18H,10-11,13H2,1-2H3/q+1. The zero-order valence-corrected chi connectivity index (χ0v) is 17.2. The van der Waals surface area contributed by atoms with Gasteiger partial charge < -0.3 is 0 Å². The van der Waals surface area contributed by atoms with Crippen molar-refractivity contribution >= 4 is 23.5 Å². The Balaban J connectivity index is 1.54. The van der Waals surface area contributed by atoms with Gasteiger partial charge >= 0.3 is 0 Å². The number of carbonyl (C=O) groups is 1. The van der Waals surface area contributed by atoms with E-state index in [0.717, 1.165) is 53.2 Å². The maximum atomic E-state index is 11.7. The first-order valence-electron chi connectivity index (χ1n) is 10.3. The number of nitrogens with zero attached hydrogens (tertiary/aromatic N) is 5. The molecule has 30 heavy (non-hydrogen) atoms. The van der Waals surface area contributed by atoms with Crippen LogP contribution in [0.25, 0.3) is 28.0 Å². The largest absolute Gasteiger partial charge is 0.300 e. The fraction of sp³-hybridized carbons (Fsp3) is 0.250. The van der Waals surface area contributed by atoms with Gasteiger partial charge in [-0.2, -0.15) is 9.50 Å². The van der Waals surface area contributed by atoms with Crippen molar-refractivity contribution in [2.45, 2.75) is 19.8 Å². The lowest BCUT2D eigenvalue weighted by atomic mass is 9.95. The highest BCUT2D eigenvalue weighted by Gasteiger charge is 2.25. The Hall–Kier alpha value is -3.54. The molecule has 1 unspecified atom stereocenters. The highest BCUT2D eigenvalue weighted by Crippen LogP contribution is 2.29. The topological polar surface area (TPSA) is 55.2 Å². The zero-order chi connectivity index (χ0) is 20.7. The first-order chi connectivity index (χ1) is 14.6. The van der Waals surface area contributed by atoms with Crippen molar-refractivity contribution in [1.82, 2.24) is 19.2 Å². The second kappa shape index (κ2) is 7.37. The van der Waals surface area contributed by atoms with E-state index in [9.17, 15) is 4.79 Å². The Morgan fingerprint density at radius 2 is 1.87 bits per heavy atom. The number of hydrogen-bond donors (Lipinski definition) is 0. The number of rotatable bonds is 4. The molecule has 0 spiro atoms. The number of imidazole rings is 1. The molecule has 1 aromatic carbocycles. The number of aromatic nitrogens is 4. The molecule has 150 valence electrons. The third-order valence-electron chi connectivity index (χ3n) is 5.93. The second-order valence-corrected chi connectivity index (χ2v) is 7.91. The summed E-state index contributed by atoms with van der Waals surface area (Å²) in [4.78, 5) is 16.4. The van der Waals surface area contributed by atoms with Crippen LogP contribution in [0, 0.1) is 5.92 Å². The lowest BCUT2D eigenvalue weighted by Gasteiger charge is -2.18. The molecule has 1 atom stereocenters. The van der Waals surface area contributed by atoms with Crippen LogP contribution in [0.3, 0.4) is 0 Å². The molecule has 0 saturated carbocycles. The van der Waals surface area contributed by atoms with Crippen molar-refractivity contribution in [3.63, 3.8) is 0 Å².